The molecule has 0 aliphatic carbocycles. The van der Waals surface area contributed by atoms with Crippen molar-refractivity contribution in [3.63, 3.8) is 0 Å². The zero-order chi connectivity index (χ0) is 16.4. The first kappa shape index (κ1) is 17.0. The van der Waals surface area contributed by atoms with E-state index in [1.807, 2.05) is 0 Å². The number of carbonyl (C=O) groups excluding carboxylic acids is 1. The second-order valence-electron chi connectivity index (χ2n) is 3.57. The number of rotatable bonds is 3. The summed E-state index contributed by atoms with van der Waals surface area (Å²) in [6.45, 7) is -0.853. The van der Waals surface area contributed by atoms with Crippen molar-refractivity contribution >= 4 is 5.97 Å². The van der Waals surface area contributed by atoms with E-state index in [0.717, 1.165) is 7.11 Å². The fraction of sp³-hybridized carbons (Fsp3) is 0.400. The van der Waals surface area contributed by atoms with Gasteiger partial charge in [-0.2, -0.15) is 13.2 Å². The van der Waals surface area contributed by atoms with Gasteiger partial charge in [-0.15, -0.1) is 13.2 Å². The minimum absolute atomic E-state index is 0.196. The van der Waals surface area contributed by atoms with Crippen LogP contribution >= 0.6 is 0 Å². The highest BCUT2D eigenvalue weighted by atomic mass is 19.4. The molecule has 0 aliphatic heterocycles. The molecule has 5 nitrogen and oxygen atoms in total. The predicted molar refractivity (Wildman–Crippen MR) is 55.2 cm³/mol. The lowest BCUT2D eigenvalue weighted by molar-refractivity contribution is -0.276. The molecule has 0 saturated heterocycles. The zero-order valence-corrected chi connectivity index (χ0v) is 10.3. The molecule has 21 heavy (non-hydrogen) atoms. The van der Waals surface area contributed by atoms with Crippen LogP contribution in [0.2, 0.25) is 0 Å². The molecule has 0 spiro atoms. The second kappa shape index (κ2) is 5.76. The molecule has 0 unspecified atom stereocenters. The van der Waals surface area contributed by atoms with Crippen molar-refractivity contribution in [3.8, 4) is 5.75 Å². The number of hydrogen-bond acceptors (Lipinski definition) is 5. The van der Waals surface area contributed by atoms with Gasteiger partial charge in [-0.3, -0.25) is 0 Å². The number of alkyl halides is 6. The molecule has 0 radical (unpaired) electrons. The Kier molecular flexibility index (Phi) is 4.66. The van der Waals surface area contributed by atoms with Gasteiger partial charge < -0.3 is 15.2 Å². The lowest BCUT2D eigenvalue weighted by Gasteiger charge is -2.18. The molecule has 0 bridgehead atoms. The third kappa shape index (κ3) is 4.21. The van der Waals surface area contributed by atoms with Gasteiger partial charge in [0, 0.05) is 12.6 Å². The Labute approximate surface area is 113 Å². The number of nitrogens with zero attached hydrogens (tertiary/aromatic N) is 1. The van der Waals surface area contributed by atoms with E-state index < -0.39 is 47.8 Å². The van der Waals surface area contributed by atoms with Crippen LogP contribution in [-0.2, 0) is 17.5 Å². The SMILES string of the molecule is COC(=O)c1cc(OC(F)(F)F)c(C(F)(F)F)c(CN)n1. The Bertz CT molecular complexity index is 541. The minimum Gasteiger partial charge on any atom is -0.464 e. The number of carbonyl (C=O) groups is 1. The van der Waals surface area contributed by atoms with Crippen LogP contribution in [0.5, 0.6) is 5.75 Å². The normalized spacial score (nSPS) is 12.2. The largest absolute Gasteiger partial charge is 0.573 e. The van der Waals surface area contributed by atoms with Crippen LogP contribution in [0, 0.1) is 0 Å². The van der Waals surface area contributed by atoms with Crippen LogP contribution < -0.4 is 10.5 Å². The third-order valence-corrected chi connectivity index (χ3v) is 2.16. The summed E-state index contributed by atoms with van der Waals surface area (Å²) in [4.78, 5) is 14.5. The van der Waals surface area contributed by atoms with E-state index in [4.69, 9.17) is 5.73 Å². The molecule has 0 fully saturated rings. The Morgan fingerprint density at radius 1 is 1.29 bits per heavy atom. The van der Waals surface area contributed by atoms with E-state index in [1.54, 1.807) is 0 Å². The highest BCUT2D eigenvalue weighted by Crippen LogP contribution is 2.40. The summed E-state index contributed by atoms with van der Waals surface area (Å²) in [6, 6.07) is 0.196. The highest BCUT2D eigenvalue weighted by molar-refractivity contribution is 5.87. The number of nitrogens with two attached hydrogens (primary N) is 1. The second-order valence-corrected chi connectivity index (χ2v) is 3.57. The minimum atomic E-state index is -5.39. The number of hydrogen-bond donors (Lipinski definition) is 1. The van der Waals surface area contributed by atoms with Crippen molar-refractivity contribution in [2.75, 3.05) is 7.11 Å². The van der Waals surface area contributed by atoms with Crippen molar-refractivity contribution in [3.05, 3.63) is 23.0 Å². The lowest BCUT2D eigenvalue weighted by Crippen LogP contribution is -2.24. The van der Waals surface area contributed by atoms with Gasteiger partial charge >= 0.3 is 18.5 Å². The molecular formula is C10H8F6N2O3. The monoisotopic (exact) mass is 318 g/mol. The van der Waals surface area contributed by atoms with Gasteiger partial charge in [-0.05, 0) is 0 Å². The van der Waals surface area contributed by atoms with Crippen LogP contribution in [0.1, 0.15) is 21.7 Å². The molecule has 0 aliphatic rings. The summed E-state index contributed by atoms with van der Waals surface area (Å²) in [6.07, 6.45) is -10.6. The van der Waals surface area contributed by atoms with Gasteiger partial charge in [-0.25, -0.2) is 9.78 Å². The average molecular weight is 318 g/mol. The van der Waals surface area contributed by atoms with Crippen molar-refractivity contribution < 1.29 is 40.6 Å². The third-order valence-electron chi connectivity index (χ3n) is 2.16. The van der Waals surface area contributed by atoms with E-state index in [9.17, 15) is 31.1 Å². The molecule has 0 aromatic carbocycles. The molecular weight excluding hydrogens is 310 g/mol. The van der Waals surface area contributed by atoms with Gasteiger partial charge in [-0.1, -0.05) is 0 Å². The Morgan fingerprint density at radius 3 is 2.24 bits per heavy atom. The van der Waals surface area contributed by atoms with Gasteiger partial charge in [0.05, 0.1) is 12.8 Å². The van der Waals surface area contributed by atoms with Crippen molar-refractivity contribution in [2.45, 2.75) is 19.1 Å². The summed E-state index contributed by atoms with van der Waals surface area (Å²) < 4.78 is 82.6. The molecule has 11 heteroatoms. The molecule has 118 valence electrons. The number of halogens is 6. The van der Waals surface area contributed by atoms with E-state index >= 15 is 0 Å². The Balaban J connectivity index is 3.57. The topological polar surface area (TPSA) is 74.4 Å². The van der Waals surface area contributed by atoms with Gasteiger partial charge in [0.25, 0.3) is 0 Å². The summed E-state index contributed by atoms with van der Waals surface area (Å²) in [7, 11) is 0.883. The van der Waals surface area contributed by atoms with E-state index in [-0.39, 0.29) is 6.07 Å². The van der Waals surface area contributed by atoms with E-state index in [1.165, 1.54) is 0 Å². The molecule has 1 heterocycles. The molecule has 0 saturated carbocycles. The standard InChI is InChI=1S/C10H8F6N2O3/c1-20-8(19)4-2-6(21-10(14,15)16)7(9(11,12)13)5(3-17)18-4/h2H,3,17H2,1H3. The van der Waals surface area contributed by atoms with Crippen molar-refractivity contribution in [2.24, 2.45) is 5.73 Å². The van der Waals surface area contributed by atoms with Crippen LogP contribution in [0.4, 0.5) is 26.3 Å². The molecule has 1 aromatic rings. The summed E-state index contributed by atoms with van der Waals surface area (Å²) in [5.41, 5.74) is 1.49. The maximum Gasteiger partial charge on any atom is 0.573 e. The van der Waals surface area contributed by atoms with E-state index in [2.05, 4.69) is 14.5 Å². The van der Waals surface area contributed by atoms with Gasteiger partial charge in [0.15, 0.2) is 5.69 Å². The maximum absolute atomic E-state index is 12.8. The summed E-state index contributed by atoms with van der Waals surface area (Å²) >= 11 is 0. The number of methoxy groups -OCH3 is 1. The lowest BCUT2D eigenvalue weighted by atomic mass is 10.1. The summed E-state index contributed by atoms with van der Waals surface area (Å²) in [5, 5.41) is 0. The van der Waals surface area contributed by atoms with Crippen LogP contribution in [-0.4, -0.2) is 24.4 Å². The quantitative estimate of drug-likeness (QED) is 0.683. The van der Waals surface area contributed by atoms with Gasteiger partial charge in [0.1, 0.15) is 11.3 Å². The molecule has 1 aromatic heterocycles. The number of esters is 1. The number of aromatic nitrogens is 1. The van der Waals surface area contributed by atoms with Crippen LogP contribution in [0.3, 0.4) is 0 Å². The fourth-order valence-electron chi connectivity index (χ4n) is 1.44. The molecule has 1 rings (SSSR count). The first-order valence-corrected chi connectivity index (χ1v) is 5.15. The van der Waals surface area contributed by atoms with Gasteiger partial charge in [0.2, 0.25) is 0 Å². The fourth-order valence-corrected chi connectivity index (χ4v) is 1.44. The Morgan fingerprint density at radius 2 is 1.86 bits per heavy atom. The first-order chi connectivity index (χ1) is 9.49. The molecule has 0 atom stereocenters. The summed E-state index contributed by atoms with van der Waals surface area (Å²) in [5.74, 6) is -2.85. The van der Waals surface area contributed by atoms with Crippen LogP contribution in [0.15, 0.2) is 6.07 Å². The zero-order valence-electron chi connectivity index (χ0n) is 10.3. The highest BCUT2D eigenvalue weighted by Gasteiger charge is 2.42. The average Bonchev–Trinajstić information content (AvgIpc) is 2.33. The number of pyridine rings is 1. The smallest absolute Gasteiger partial charge is 0.464 e. The van der Waals surface area contributed by atoms with E-state index in [0.29, 0.717) is 0 Å². The molecule has 0 amide bonds. The first-order valence-electron chi connectivity index (χ1n) is 5.15. The van der Waals surface area contributed by atoms with Crippen molar-refractivity contribution in [1.29, 1.82) is 0 Å². The Hall–Kier alpha value is -2.04. The molecule has 2 N–H and O–H groups in total. The maximum atomic E-state index is 12.8. The number of ether oxygens (including phenoxy) is 2. The predicted octanol–water partition coefficient (Wildman–Crippen LogP) is 2.24. The van der Waals surface area contributed by atoms with Crippen molar-refractivity contribution in [1.82, 2.24) is 4.98 Å². The van der Waals surface area contributed by atoms with Crippen LogP contribution in [0.25, 0.3) is 0 Å².